The van der Waals surface area contributed by atoms with Gasteiger partial charge in [0.1, 0.15) is 17.5 Å². The Balaban J connectivity index is 2.22. The molecular formula is C15H22N4O2. The Hall–Kier alpha value is -2.03. The SMILES string of the molecule is CCCC1(C(=O)O)CCN(c2c(C#N)c(C)nn2C)CC1. The van der Waals surface area contributed by atoms with E-state index >= 15 is 0 Å². The Kier molecular flexibility index (Phi) is 4.21. The monoisotopic (exact) mass is 290 g/mol. The summed E-state index contributed by atoms with van der Waals surface area (Å²) >= 11 is 0. The van der Waals surface area contributed by atoms with Crippen LogP contribution >= 0.6 is 0 Å². The fourth-order valence-electron chi connectivity index (χ4n) is 3.34. The molecule has 2 rings (SSSR count). The summed E-state index contributed by atoms with van der Waals surface area (Å²) in [7, 11) is 1.83. The predicted molar refractivity (Wildman–Crippen MR) is 79.1 cm³/mol. The smallest absolute Gasteiger partial charge is 0.309 e. The number of carbonyl (C=O) groups is 1. The zero-order valence-corrected chi connectivity index (χ0v) is 12.9. The molecule has 0 aliphatic carbocycles. The second kappa shape index (κ2) is 5.76. The molecule has 1 aliphatic rings. The Bertz CT molecular complexity index is 577. The summed E-state index contributed by atoms with van der Waals surface area (Å²) < 4.78 is 1.72. The van der Waals surface area contributed by atoms with Crippen molar-refractivity contribution in [3.05, 3.63) is 11.3 Å². The number of rotatable bonds is 4. The lowest BCUT2D eigenvalue weighted by Gasteiger charge is -2.39. The van der Waals surface area contributed by atoms with Crippen LogP contribution in [0.5, 0.6) is 0 Å². The van der Waals surface area contributed by atoms with E-state index in [-0.39, 0.29) is 0 Å². The van der Waals surface area contributed by atoms with E-state index in [0.717, 1.165) is 17.9 Å². The van der Waals surface area contributed by atoms with Gasteiger partial charge in [0.15, 0.2) is 0 Å². The number of aryl methyl sites for hydroxylation is 2. The molecule has 0 radical (unpaired) electrons. The molecule has 1 N–H and O–H groups in total. The summed E-state index contributed by atoms with van der Waals surface area (Å²) in [6.45, 7) is 5.15. The first-order valence-electron chi connectivity index (χ1n) is 7.37. The number of nitrogens with zero attached hydrogens (tertiary/aromatic N) is 4. The first kappa shape index (κ1) is 15.4. The van der Waals surface area contributed by atoms with Crippen LogP contribution in [0.15, 0.2) is 0 Å². The molecule has 0 bridgehead atoms. The topological polar surface area (TPSA) is 82.2 Å². The number of piperidine rings is 1. The standard InChI is InChI=1S/C15H22N4O2/c1-4-5-15(14(20)21)6-8-19(9-7-15)13-12(10-16)11(2)17-18(13)3/h4-9H2,1-3H3,(H,20,21). The number of hydrogen-bond acceptors (Lipinski definition) is 4. The van der Waals surface area contributed by atoms with Crippen LogP contribution in [0.4, 0.5) is 5.82 Å². The minimum atomic E-state index is -0.689. The van der Waals surface area contributed by atoms with Crippen molar-refractivity contribution in [1.82, 2.24) is 9.78 Å². The fourth-order valence-corrected chi connectivity index (χ4v) is 3.34. The normalized spacial score (nSPS) is 17.5. The first-order valence-corrected chi connectivity index (χ1v) is 7.37. The van der Waals surface area contributed by atoms with E-state index in [2.05, 4.69) is 16.1 Å². The van der Waals surface area contributed by atoms with Gasteiger partial charge < -0.3 is 10.0 Å². The van der Waals surface area contributed by atoms with Gasteiger partial charge in [-0.1, -0.05) is 13.3 Å². The Morgan fingerprint density at radius 3 is 2.57 bits per heavy atom. The van der Waals surface area contributed by atoms with E-state index in [0.29, 0.717) is 37.9 Å². The second-order valence-electron chi connectivity index (χ2n) is 5.84. The second-order valence-corrected chi connectivity index (χ2v) is 5.84. The van der Waals surface area contributed by atoms with Crippen molar-refractivity contribution in [2.45, 2.75) is 39.5 Å². The average molecular weight is 290 g/mol. The van der Waals surface area contributed by atoms with Gasteiger partial charge in [-0.3, -0.25) is 9.48 Å². The van der Waals surface area contributed by atoms with E-state index < -0.39 is 11.4 Å². The van der Waals surface area contributed by atoms with Crippen LogP contribution in [-0.4, -0.2) is 33.9 Å². The number of nitriles is 1. The number of anilines is 1. The molecular weight excluding hydrogens is 268 g/mol. The molecule has 6 heteroatoms. The van der Waals surface area contributed by atoms with Crippen molar-refractivity contribution >= 4 is 11.8 Å². The lowest BCUT2D eigenvalue weighted by atomic mass is 9.75. The summed E-state index contributed by atoms with van der Waals surface area (Å²) in [5, 5.41) is 23.1. The third kappa shape index (κ3) is 2.60. The first-order chi connectivity index (χ1) is 9.95. The van der Waals surface area contributed by atoms with Crippen molar-refractivity contribution in [2.75, 3.05) is 18.0 Å². The van der Waals surface area contributed by atoms with E-state index in [1.807, 2.05) is 20.9 Å². The molecule has 1 aromatic heterocycles. The number of aliphatic carboxylic acids is 1. The van der Waals surface area contributed by atoms with Crippen molar-refractivity contribution in [3.8, 4) is 6.07 Å². The van der Waals surface area contributed by atoms with Gasteiger partial charge in [0.05, 0.1) is 11.1 Å². The Morgan fingerprint density at radius 1 is 1.48 bits per heavy atom. The summed E-state index contributed by atoms with van der Waals surface area (Å²) in [6, 6.07) is 2.21. The highest BCUT2D eigenvalue weighted by atomic mass is 16.4. The molecule has 1 aromatic rings. The van der Waals surface area contributed by atoms with Crippen molar-refractivity contribution < 1.29 is 9.90 Å². The zero-order valence-electron chi connectivity index (χ0n) is 12.9. The molecule has 2 heterocycles. The van der Waals surface area contributed by atoms with Crippen LogP contribution in [0.3, 0.4) is 0 Å². The molecule has 1 fully saturated rings. The van der Waals surface area contributed by atoms with Gasteiger partial charge in [-0.25, -0.2) is 0 Å². The van der Waals surface area contributed by atoms with Crippen molar-refractivity contribution in [2.24, 2.45) is 12.5 Å². The highest BCUT2D eigenvalue weighted by Crippen LogP contribution is 2.38. The largest absolute Gasteiger partial charge is 0.481 e. The van der Waals surface area contributed by atoms with Crippen LogP contribution < -0.4 is 4.90 Å². The lowest BCUT2D eigenvalue weighted by Crippen LogP contribution is -2.45. The predicted octanol–water partition coefficient (Wildman–Crippen LogP) is 2.07. The fraction of sp³-hybridized carbons (Fsp3) is 0.667. The van der Waals surface area contributed by atoms with Crippen LogP contribution in [-0.2, 0) is 11.8 Å². The lowest BCUT2D eigenvalue weighted by molar-refractivity contribution is -0.150. The summed E-state index contributed by atoms with van der Waals surface area (Å²) in [5.41, 5.74) is 0.709. The van der Waals surface area contributed by atoms with E-state index in [9.17, 15) is 15.2 Å². The van der Waals surface area contributed by atoms with Gasteiger partial charge in [-0.15, -0.1) is 0 Å². The van der Waals surface area contributed by atoms with Crippen LogP contribution in [0.2, 0.25) is 0 Å². The molecule has 0 aromatic carbocycles. The molecule has 0 amide bonds. The molecule has 114 valence electrons. The van der Waals surface area contributed by atoms with Gasteiger partial charge in [0, 0.05) is 20.1 Å². The maximum Gasteiger partial charge on any atom is 0.309 e. The molecule has 1 aliphatic heterocycles. The third-order valence-electron chi connectivity index (χ3n) is 4.51. The molecule has 1 saturated heterocycles. The van der Waals surface area contributed by atoms with Gasteiger partial charge in [0.25, 0.3) is 0 Å². The average Bonchev–Trinajstić information content (AvgIpc) is 2.73. The molecule has 21 heavy (non-hydrogen) atoms. The van der Waals surface area contributed by atoms with E-state index in [4.69, 9.17) is 0 Å². The molecule has 0 unspecified atom stereocenters. The summed E-state index contributed by atoms with van der Waals surface area (Å²) in [4.78, 5) is 13.7. The van der Waals surface area contributed by atoms with Crippen molar-refractivity contribution in [1.29, 1.82) is 5.26 Å². The third-order valence-corrected chi connectivity index (χ3v) is 4.51. The number of carboxylic acid groups (broad SMARTS) is 1. The maximum absolute atomic E-state index is 11.6. The maximum atomic E-state index is 11.6. The van der Waals surface area contributed by atoms with Crippen LogP contribution in [0.1, 0.15) is 43.9 Å². The number of aromatic nitrogens is 2. The minimum absolute atomic E-state index is 0.593. The highest BCUT2D eigenvalue weighted by molar-refractivity contribution is 5.75. The highest BCUT2D eigenvalue weighted by Gasteiger charge is 2.41. The van der Waals surface area contributed by atoms with Crippen molar-refractivity contribution in [3.63, 3.8) is 0 Å². The summed E-state index contributed by atoms with van der Waals surface area (Å²) in [6.07, 6.45) is 2.82. The molecule has 6 nitrogen and oxygen atoms in total. The Morgan fingerprint density at radius 2 is 2.10 bits per heavy atom. The number of hydrogen-bond donors (Lipinski definition) is 1. The van der Waals surface area contributed by atoms with Gasteiger partial charge in [-0.2, -0.15) is 10.4 Å². The molecule has 0 atom stereocenters. The number of carboxylic acids is 1. The van der Waals surface area contributed by atoms with Gasteiger partial charge >= 0.3 is 5.97 Å². The van der Waals surface area contributed by atoms with Gasteiger partial charge in [-0.05, 0) is 26.2 Å². The quantitative estimate of drug-likeness (QED) is 0.918. The van der Waals surface area contributed by atoms with E-state index in [1.165, 1.54) is 0 Å². The zero-order chi connectivity index (χ0) is 15.6. The van der Waals surface area contributed by atoms with Gasteiger partial charge in [0.2, 0.25) is 0 Å². The van der Waals surface area contributed by atoms with Crippen LogP contribution in [0, 0.1) is 23.7 Å². The van der Waals surface area contributed by atoms with Crippen LogP contribution in [0.25, 0.3) is 0 Å². The molecule has 0 saturated carbocycles. The Labute approximate surface area is 125 Å². The summed E-state index contributed by atoms with van der Waals surface area (Å²) in [5.74, 6) is 0.121. The minimum Gasteiger partial charge on any atom is -0.481 e. The van der Waals surface area contributed by atoms with E-state index in [1.54, 1.807) is 4.68 Å². The molecule has 0 spiro atoms.